The number of benzene rings is 1. The average Bonchev–Trinajstić information content (AvgIpc) is 2.27. The van der Waals surface area contributed by atoms with Crippen molar-refractivity contribution in [2.45, 2.75) is 38.6 Å². The third-order valence-corrected chi connectivity index (χ3v) is 3.15. The van der Waals surface area contributed by atoms with Crippen molar-refractivity contribution >= 4 is 11.7 Å². The van der Waals surface area contributed by atoms with E-state index in [4.69, 9.17) is 5.11 Å². The predicted octanol–water partition coefficient (Wildman–Crippen LogP) is 2.45. The normalized spacial score (nSPS) is 18.7. The Bertz CT molecular complexity index is 387. The van der Waals surface area contributed by atoms with E-state index in [9.17, 15) is 4.79 Å². The Hall–Kier alpha value is -1.51. The van der Waals surface area contributed by atoms with Gasteiger partial charge in [-0.3, -0.25) is 4.79 Å². The summed E-state index contributed by atoms with van der Waals surface area (Å²) in [6, 6.07) is 6.39. The summed E-state index contributed by atoms with van der Waals surface area (Å²) in [5, 5.41) is 12.2. The van der Waals surface area contributed by atoms with Crippen LogP contribution in [-0.4, -0.2) is 17.1 Å². The number of carboxylic acids is 1. The highest BCUT2D eigenvalue weighted by Gasteiger charge is 2.21. The molecule has 16 heavy (non-hydrogen) atoms. The van der Waals surface area contributed by atoms with E-state index in [-0.39, 0.29) is 12.5 Å². The fourth-order valence-electron chi connectivity index (χ4n) is 2.31. The summed E-state index contributed by atoms with van der Waals surface area (Å²) in [6.45, 7) is 2.12. The smallest absolute Gasteiger partial charge is 0.305 e. The highest BCUT2D eigenvalue weighted by atomic mass is 16.4. The molecule has 1 atom stereocenters. The first-order valence-electron chi connectivity index (χ1n) is 5.79. The van der Waals surface area contributed by atoms with Gasteiger partial charge < -0.3 is 10.4 Å². The van der Waals surface area contributed by atoms with E-state index in [1.807, 2.05) is 0 Å². The zero-order valence-electron chi connectivity index (χ0n) is 9.49. The molecule has 1 unspecified atom stereocenters. The van der Waals surface area contributed by atoms with Gasteiger partial charge in [0.1, 0.15) is 0 Å². The fraction of sp³-hybridized carbons (Fsp3) is 0.462. The molecule has 2 N–H and O–H groups in total. The summed E-state index contributed by atoms with van der Waals surface area (Å²) in [7, 11) is 0. The molecule has 1 aliphatic rings. The second-order valence-electron chi connectivity index (χ2n) is 4.28. The lowest BCUT2D eigenvalue weighted by atomic mass is 9.93. The zero-order chi connectivity index (χ0) is 11.5. The summed E-state index contributed by atoms with van der Waals surface area (Å²) in [6.07, 6.45) is 3.08. The Balaban J connectivity index is 2.21. The molecule has 86 valence electrons. The number of hydrogen-bond acceptors (Lipinski definition) is 2. The van der Waals surface area contributed by atoms with Gasteiger partial charge in [0.15, 0.2) is 0 Å². The molecule has 0 bridgehead atoms. The number of nitrogens with one attached hydrogen (secondary N) is 1. The van der Waals surface area contributed by atoms with Crippen LogP contribution in [0.25, 0.3) is 0 Å². The van der Waals surface area contributed by atoms with E-state index in [0.29, 0.717) is 0 Å². The van der Waals surface area contributed by atoms with Crippen LogP contribution in [0.3, 0.4) is 0 Å². The van der Waals surface area contributed by atoms with E-state index in [1.54, 1.807) is 0 Å². The van der Waals surface area contributed by atoms with Gasteiger partial charge in [-0.2, -0.15) is 0 Å². The molecule has 2 rings (SSSR count). The van der Waals surface area contributed by atoms with E-state index < -0.39 is 5.97 Å². The van der Waals surface area contributed by atoms with Crippen LogP contribution in [0.5, 0.6) is 0 Å². The van der Waals surface area contributed by atoms with Crippen molar-refractivity contribution < 1.29 is 9.90 Å². The Morgan fingerprint density at radius 3 is 3.06 bits per heavy atom. The van der Waals surface area contributed by atoms with Crippen LogP contribution in [0, 0.1) is 0 Å². The van der Waals surface area contributed by atoms with Crippen LogP contribution in [0.4, 0.5) is 5.69 Å². The van der Waals surface area contributed by atoms with Crippen LogP contribution >= 0.6 is 0 Å². The van der Waals surface area contributed by atoms with Gasteiger partial charge in [0.05, 0.1) is 6.42 Å². The summed E-state index contributed by atoms with van der Waals surface area (Å²) in [5.41, 5.74) is 3.77. The van der Waals surface area contributed by atoms with Gasteiger partial charge >= 0.3 is 5.97 Å². The summed E-state index contributed by atoms with van der Waals surface area (Å²) in [5.74, 6) is -0.727. The van der Waals surface area contributed by atoms with Gasteiger partial charge in [-0.25, -0.2) is 0 Å². The Morgan fingerprint density at radius 1 is 1.56 bits per heavy atom. The molecule has 0 radical (unpaired) electrons. The molecule has 0 aromatic heterocycles. The van der Waals surface area contributed by atoms with Crippen molar-refractivity contribution in [2.75, 3.05) is 5.32 Å². The highest BCUT2D eigenvalue weighted by molar-refractivity contribution is 5.69. The van der Waals surface area contributed by atoms with Crippen molar-refractivity contribution in [1.82, 2.24) is 0 Å². The third-order valence-electron chi connectivity index (χ3n) is 3.15. The van der Waals surface area contributed by atoms with Gasteiger partial charge in [0.2, 0.25) is 0 Å². The molecule has 1 aromatic rings. The number of aryl methyl sites for hydroxylation is 2. The second-order valence-corrected chi connectivity index (χ2v) is 4.28. The number of hydrogen-bond donors (Lipinski definition) is 2. The summed E-state index contributed by atoms with van der Waals surface area (Å²) < 4.78 is 0. The first-order valence-corrected chi connectivity index (χ1v) is 5.79. The predicted molar refractivity (Wildman–Crippen MR) is 63.8 cm³/mol. The Kier molecular flexibility index (Phi) is 3.13. The van der Waals surface area contributed by atoms with Crippen LogP contribution in [0.2, 0.25) is 0 Å². The Labute approximate surface area is 95.5 Å². The molecule has 1 heterocycles. The molecule has 0 fully saturated rings. The highest BCUT2D eigenvalue weighted by Crippen LogP contribution is 2.29. The summed E-state index contributed by atoms with van der Waals surface area (Å²) >= 11 is 0. The van der Waals surface area contributed by atoms with Crippen molar-refractivity contribution in [1.29, 1.82) is 0 Å². The molecule has 3 heteroatoms. The lowest BCUT2D eigenvalue weighted by Gasteiger charge is -2.27. The van der Waals surface area contributed by atoms with E-state index >= 15 is 0 Å². The first-order chi connectivity index (χ1) is 7.70. The van der Waals surface area contributed by atoms with Crippen LogP contribution < -0.4 is 5.32 Å². The van der Waals surface area contributed by atoms with Crippen molar-refractivity contribution in [3.05, 3.63) is 29.3 Å². The molecule has 1 aliphatic heterocycles. The van der Waals surface area contributed by atoms with Gasteiger partial charge in [-0.1, -0.05) is 25.1 Å². The molecule has 0 amide bonds. The minimum atomic E-state index is -0.727. The van der Waals surface area contributed by atoms with Gasteiger partial charge in [-0.05, 0) is 30.4 Å². The van der Waals surface area contributed by atoms with Gasteiger partial charge in [-0.15, -0.1) is 0 Å². The molecule has 3 nitrogen and oxygen atoms in total. The lowest BCUT2D eigenvalue weighted by molar-refractivity contribution is -0.137. The third kappa shape index (κ3) is 2.18. The molecule has 0 spiro atoms. The lowest BCUT2D eigenvalue weighted by Crippen LogP contribution is -2.28. The number of anilines is 1. The minimum absolute atomic E-state index is 0.0812. The Morgan fingerprint density at radius 2 is 2.38 bits per heavy atom. The number of aliphatic carboxylic acids is 1. The quantitative estimate of drug-likeness (QED) is 0.821. The van der Waals surface area contributed by atoms with E-state index in [2.05, 4.69) is 30.4 Å². The number of fused-ring (bicyclic) bond motifs is 1. The molecular weight excluding hydrogens is 202 g/mol. The number of rotatable bonds is 3. The zero-order valence-corrected chi connectivity index (χ0v) is 9.49. The topological polar surface area (TPSA) is 49.3 Å². The minimum Gasteiger partial charge on any atom is -0.481 e. The largest absolute Gasteiger partial charge is 0.481 e. The van der Waals surface area contributed by atoms with Crippen LogP contribution in [0.1, 0.15) is 30.9 Å². The standard InChI is InChI=1S/C13H17NO2/c1-2-9-4-3-5-10-6-7-11(8-12(15)16)14-13(9)10/h3-5,11,14H,2,6-8H2,1H3,(H,15,16). The van der Waals surface area contributed by atoms with Crippen LogP contribution in [-0.2, 0) is 17.6 Å². The molecular formula is C13H17NO2. The van der Waals surface area contributed by atoms with Gasteiger partial charge in [0, 0.05) is 11.7 Å². The van der Waals surface area contributed by atoms with Crippen LogP contribution in [0.15, 0.2) is 18.2 Å². The maximum Gasteiger partial charge on any atom is 0.305 e. The molecule has 0 saturated carbocycles. The monoisotopic (exact) mass is 219 g/mol. The maximum atomic E-state index is 10.7. The SMILES string of the molecule is CCc1cccc2c1NC(CC(=O)O)CC2. The van der Waals surface area contributed by atoms with E-state index in [0.717, 1.165) is 19.3 Å². The maximum absolute atomic E-state index is 10.7. The first kappa shape index (κ1) is 11.0. The number of carboxylic acid groups (broad SMARTS) is 1. The fourth-order valence-corrected chi connectivity index (χ4v) is 2.31. The number of para-hydroxylation sites is 1. The number of carbonyl (C=O) groups is 1. The van der Waals surface area contributed by atoms with Crippen molar-refractivity contribution in [2.24, 2.45) is 0 Å². The van der Waals surface area contributed by atoms with Crippen molar-refractivity contribution in [3.8, 4) is 0 Å². The van der Waals surface area contributed by atoms with Gasteiger partial charge in [0.25, 0.3) is 0 Å². The molecule has 0 saturated heterocycles. The summed E-state index contributed by atoms with van der Waals surface area (Å²) in [4.78, 5) is 10.7. The molecule has 1 aromatic carbocycles. The van der Waals surface area contributed by atoms with E-state index in [1.165, 1.54) is 16.8 Å². The van der Waals surface area contributed by atoms with Crippen molar-refractivity contribution in [3.63, 3.8) is 0 Å². The second kappa shape index (κ2) is 4.56. The average molecular weight is 219 g/mol. The molecule has 0 aliphatic carbocycles.